The molecule has 3 nitrogen and oxygen atoms in total. The zero-order chi connectivity index (χ0) is 10.7. The van der Waals surface area contributed by atoms with E-state index in [-0.39, 0.29) is 6.10 Å². The van der Waals surface area contributed by atoms with Crippen molar-refractivity contribution in [3.05, 3.63) is 17.0 Å². The minimum atomic E-state index is 0.217. The summed E-state index contributed by atoms with van der Waals surface area (Å²) < 4.78 is 5.89. The highest BCUT2D eigenvalue weighted by molar-refractivity contribution is 8.16. The first-order valence-corrected chi connectivity index (χ1v) is 7.38. The van der Waals surface area contributed by atoms with Crippen LogP contribution in [0.3, 0.4) is 0 Å². The van der Waals surface area contributed by atoms with Crippen LogP contribution >= 0.6 is 23.5 Å². The molecule has 1 aliphatic rings. The van der Waals surface area contributed by atoms with E-state index in [1.54, 1.807) is 0 Å². The Labute approximate surface area is 98.7 Å². The predicted molar refractivity (Wildman–Crippen MR) is 66.5 cm³/mol. The Kier molecular flexibility index (Phi) is 3.99. The van der Waals surface area contributed by atoms with Gasteiger partial charge >= 0.3 is 0 Å². The molecule has 15 heavy (non-hydrogen) atoms. The van der Waals surface area contributed by atoms with Crippen LogP contribution in [0.25, 0.3) is 0 Å². The second-order valence-corrected chi connectivity index (χ2v) is 6.10. The molecular weight excluding hydrogens is 228 g/mol. The fourth-order valence-corrected chi connectivity index (χ4v) is 3.79. The van der Waals surface area contributed by atoms with Crippen LogP contribution in [0.4, 0.5) is 0 Å². The van der Waals surface area contributed by atoms with Gasteiger partial charge in [-0.3, -0.25) is 5.10 Å². The first-order valence-electron chi connectivity index (χ1n) is 5.07. The molecule has 1 unspecified atom stereocenters. The standard InChI is InChI=1S/C10H16N2OS2/c1-7-10(8(2)12-11-7)9-5-15-6-14-4-3-13-9/h9H,3-6H2,1-2H3,(H,11,12). The molecule has 1 aromatic heterocycles. The Bertz CT molecular complexity index is 300. The molecule has 1 aromatic rings. The van der Waals surface area contributed by atoms with Gasteiger partial charge in [-0.15, -0.1) is 23.5 Å². The lowest BCUT2D eigenvalue weighted by atomic mass is 10.1. The molecule has 0 spiro atoms. The van der Waals surface area contributed by atoms with Crippen LogP contribution in [0.1, 0.15) is 23.1 Å². The minimum absolute atomic E-state index is 0.217. The number of hydrogen-bond donors (Lipinski definition) is 1. The molecule has 0 aromatic carbocycles. The van der Waals surface area contributed by atoms with Crippen molar-refractivity contribution in [1.29, 1.82) is 0 Å². The molecule has 5 heteroatoms. The van der Waals surface area contributed by atoms with E-state index in [1.165, 1.54) is 10.6 Å². The molecule has 1 atom stereocenters. The molecule has 1 aliphatic heterocycles. The number of nitrogens with zero attached hydrogens (tertiary/aromatic N) is 1. The van der Waals surface area contributed by atoms with Crippen molar-refractivity contribution in [3.63, 3.8) is 0 Å². The van der Waals surface area contributed by atoms with Crippen molar-refractivity contribution in [2.24, 2.45) is 0 Å². The molecule has 2 heterocycles. The van der Waals surface area contributed by atoms with Gasteiger partial charge in [-0.1, -0.05) is 0 Å². The van der Waals surface area contributed by atoms with Crippen LogP contribution in [0.2, 0.25) is 0 Å². The summed E-state index contributed by atoms with van der Waals surface area (Å²) in [7, 11) is 0. The van der Waals surface area contributed by atoms with Gasteiger partial charge in [0.25, 0.3) is 0 Å². The maximum absolute atomic E-state index is 5.89. The van der Waals surface area contributed by atoms with Gasteiger partial charge in [0.1, 0.15) is 0 Å². The largest absolute Gasteiger partial charge is 0.372 e. The maximum atomic E-state index is 5.89. The van der Waals surface area contributed by atoms with Crippen molar-refractivity contribution < 1.29 is 4.74 Å². The number of hydrogen-bond acceptors (Lipinski definition) is 4. The molecule has 0 aliphatic carbocycles. The van der Waals surface area contributed by atoms with Gasteiger partial charge in [-0.2, -0.15) is 5.10 Å². The van der Waals surface area contributed by atoms with Gasteiger partial charge in [0.15, 0.2) is 0 Å². The smallest absolute Gasteiger partial charge is 0.0951 e. The molecule has 1 saturated heterocycles. The third-order valence-electron chi connectivity index (χ3n) is 2.49. The summed E-state index contributed by atoms with van der Waals surface area (Å²) in [4.78, 5) is 0. The molecule has 0 bridgehead atoms. The molecule has 84 valence electrons. The summed E-state index contributed by atoms with van der Waals surface area (Å²) in [5, 5.41) is 8.43. The Morgan fingerprint density at radius 3 is 3.00 bits per heavy atom. The molecule has 1 fully saturated rings. The second-order valence-electron chi connectivity index (χ2n) is 3.60. The van der Waals surface area contributed by atoms with Crippen LogP contribution in [0.15, 0.2) is 0 Å². The molecule has 1 N–H and O–H groups in total. The van der Waals surface area contributed by atoms with Gasteiger partial charge in [0.2, 0.25) is 0 Å². The van der Waals surface area contributed by atoms with Crippen LogP contribution in [-0.4, -0.2) is 33.4 Å². The lowest BCUT2D eigenvalue weighted by Crippen LogP contribution is -2.13. The average Bonchev–Trinajstić information content (AvgIpc) is 2.48. The number of aromatic amines is 1. The van der Waals surface area contributed by atoms with E-state index in [2.05, 4.69) is 17.1 Å². The molecule has 0 radical (unpaired) electrons. The molecule has 0 amide bonds. The van der Waals surface area contributed by atoms with E-state index >= 15 is 0 Å². The number of aromatic nitrogens is 2. The van der Waals surface area contributed by atoms with Gasteiger partial charge in [0.05, 0.1) is 18.4 Å². The van der Waals surface area contributed by atoms with Crippen LogP contribution in [0.5, 0.6) is 0 Å². The van der Waals surface area contributed by atoms with E-state index in [0.29, 0.717) is 0 Å². The third kappa shape index (κ3) is 2.71. The zero-order valence-electron chi connectivity index (χ0n) is 9.08. The second kappa shape index (κ2) is 5.27. The summed E-state index contributed by atoms with van der Waals surface area (Å²) in [6, 6.07) is 0. The van der Waals surface area contributed by atoms with Crippen LogP contribution in [0, 0.1) is 13.8 Å². The van der Waals surface area contributed by atoms with E-state index in [1.807, 2.05) is 30.4 Å². The van der Waals surface area contributed by atoms with Crippen LogP contribution < -0.4 is 0 Å². The summed E-state index contributed by atoms with van der Waals surface area (Å²) in [5.41, 5.74) is 3.48. The Morgan fingerprint density at radius 2 is 2.27 bits per heavy atom. The van der Waals surface area contributed by atoms with Gasteiger partial charge < -0.3 is 4.74 Å². The van der Waals surface area contributed by atoms with Crippen molar-refractivity contribution >= 4 is 23.5 Å². The Morgan fingerprint density at radius 1 is 1.40 bits per heavy atom. The SMILES string of the molecule is Cc1n[nH]c(C)c1C1CSCSCCO1. The first-order chi connectivity index (χ1) is 7.29. The van der Waals surface area contributed by atoms with Gasteiger partial charge in [-0.05, 0) is 13.8 Å². The van der Waals surface area contributed by atoms with E-state index in [9.17, 15) is 0 Å². The maximum Gasteiger partial charge on any atom is 0.0951 e. The molecular formula is C10H16N2OS2. The Balaban J connectivity index is 2.13. The third-order valence-corrected chi connectivity index (χ3v) is 4.82. The predicted octanol–water partition coefficient (Wildman–Crippen LogP) is 2.52. The monoisotopic (exact) mass is 244 g/mol. The topological polar surface area (TPSA) is 37.9 Å². The summed E-state index contributed by atoms with van der Waals surface area (Å²) >= 11 is 3.90. The fraction of sp³-hybridized carbons (Fsp3) is 0.700. The van der Waals surface area contributed by atoms with E-state index in [0.717, 1.165) is 29.5 Å². The van der Waals surface area contributed by atoms with Gasteiger partial charge in [-0.25, -0.2) is 0 Å². The summed E-state index contributed by atoms with van der Waals surface area (Å²) in [6.07, 6.45) is 0.217. The van der Waals surface area contributed by atoms with Crippen molar-refractivity contribution in [1.82, 2.24) is 10.2 Å². The van der Waals surface area contributed by atoms with Crippen LogP contribution in [-0.2, 0) is 4.74 Å². The highest BCUT2D eigenvalue weighted by Gasteiger charge is 2.20. The molecule has 2 rings (SSSR count). The number of nitrogens with one attached hydrogen (secondary N) is 1. The van der Waals surface area contributed by atoms with Crippen molar-refractivity contribution in [2.45, 2.75) is 20.0 Å². The minimum Gasteiger partial charge on any atom is -0.372 e. The van der Waals surface area contributed by atoms with Gasteiger partial charge in [0, 0.05) is 27.8 Å². The zero-order valence-corrected chi connectivity index (χ0v) is 10.7. The molecule has 0 saturated carbocycles. The number of H-pyrrole nitrogens is 1. The van der Waals surface area contributed by atoms with Crippen molar-refractivity contribution in [3.8, 4) is 0 Å². The summed E-state index contributed by atoms with van der Waals surface area (Å²) in [5.74, 6) is 2.13. The lowest BCUT2D eigenvalue weighted by Gasteiger charge is -2.20. The quantitative estimate of drug-likeness (QED) is 0.824. The fourth-order valence-electron chi connectivity index (χ4n) is 1.77. The Hall–Kier alpha value is -0.130. The van der Waals surface area contributed by atoms with Crippen molar-refractivity contribution in [2.75, 3.05) is 23.2 Å². The number of thioether (sulfide) groups is 2. The number of rotatable bonds is 1. The highest BCUT2D eigenvalue weighted by atomic mass is 32.2. The van der Waals surface area contributed by atoms with E-state index < -0.39 is 0 Å². The highest BCUT2D eigenvalue weighted by Crippen LogP contribution is 2.29. The average molecular weight is 244 g/mol. The number of aryl methyl sites for hydroxylation is 2. The summed E-state index contributed by atoms with van der Waals surface area (Å²) in [6.45, 7) is 4.96. The number of ether oxygens (including phenoxy) is 1. The first kappa shape index (κ1) is 11.4. The van der Waals surface area contributed by atoms with E-state index in [4.69, 9.17) is 4.74 Å². The normalized spacial score (nSPS) is 23.5. The lowest BCUT2D eigenvalue weighted by molar-refractivity contribution is 0.0808.